The Morgan fingerprint density at radius 3 is 2.67 bits per heavy atom. The summed E-state index contributed by atoms with van der Waals surface area (Å²) in [5.74, 6) is 0.284. The van der Waals surface area contributed by atoms with E-state index >= 15 is 0 Å². The van der Waals surface area contributed by atoms with Crippen LogP contribution in [0.1, 0.15) is 24.0 Å². The quantitative estimate of drug-likeness (QED) is 0.831. The van der Waals surface area contributed by atoms with Gasteiger partial charge in [-0.1, -0.05) is 36.0 Å². The lowest BCUT2D eigenvalue weighted by Crippen LogP contribution is -2.39. The van der Waals surface area contributed by atoms with Crippen molar-refractivity contribution in [1.29, 1.82) is 0 Å². The topological polar surface area (TPSA) is 58.4 Å². The van der Waals surface area contributed by atoms with E-state index in [0.29, 0.717) is 10.0 Å². The Labute approximate surface area is 135 Å². The number of nitrogens with one attached hydrogen (secondary N) is 1. The lowest BCUT2D eigenvalue weighted by molar-refractivity contribution is -0.125. The Morgan fingerprint density at radius 1 is 1.48 bits per heavy atom. The number of amides is 1. The Kier molecular flexibility index (Phi) is 5.56. The number of carbonyl (C=O) groups excluding carboxylic acids is 1. The van der Waals surface area contributed by atoms with E-state index in [-0.39, 0.29) is 11.8 Å². The lowest BCUT2D eigenvalue weighted by atomic mass is 9.95. The second-order valence-corrected chi connectivity index (χ2v) is 6.18. The third-order valence-electron chi connectivity index (χ3n) is 3.94. The highest BCUT2D eigenvalue weighted by Crippen LogP contribution is 2.23. The highest BCUT2D eigenvalue weighted by atomic mass is 35.5. The van der Waals surface area contributed by atoms with Crippen LogP contribution in [0.4, 0.5) is 0 Å². The number of thiocarbonyl (C=S) groups is 1. The van der Waals surface area contributed by atoms with Gasteiger partial charge in [0.25, 0.3) is 0 Å². The van der Waals surface area contributed by atoms with Crippen molar-refractivity contribution in [2.75, 3.05) is 20.1 Å². The zero-order valence-corrected chi connectivity index (χ0v) is 13.6. The number of carbonyl (C=O) groups is 1. The van der Waals surface area contributed by atoms with Crippen molar-refractivity contribution in [3.05, 3.63) is 34.3 Å². The summed E-state index contributed by atoms with van der Waals surface area (Å²) in [6.07, 6.45) is 1.78. The molecule has 0 atom stereocenters. The Morgan fingerprint density at radius 2 is 2.14 bits per heavy atom. The number of hydrogen-bond acceptors (Lipinski definition) is 3. The van der Waals surface area contributed by atoms with Crippen LogP contribution in [0.3, 0.4) is 0 Å². The molecule has 1 aliphatic rings. The van der Waals surface area contributed by atoms with Gasteiger partial charge in [0.1, 0.15) is 4.99 Å². The zero-order chi connectivity index (χ0) is 15.4. The van der Waals surface area contributed by atoms with E-state index in [1.54, 1.807) is 7.05 Å². The van der Waals surface area contributed by atoms with Crippen LogP contribution >= 0.6 is 23.8 Å². The summed E-state index contributed by atoms with van der Waals surface area (Å²) in [7, 11) is 1.69. The zero-order valence-electron chi connectivity index (χ0n) is 12.1. The number of nitrogens with zero attached hydrogens (tertiary/aromatic N) is 1. The van der Waals surface area contributed by atoms with Gasteiger partial charge in [-0.3, -0.25) is 9.69 Å². The molecule has 4 nitrogen and oxygen atoms in total. The fourth-order valence-electron chi connectivity index (χ4n) is 2.63. The fraction of sp³-hybridized carbons (Fsp3) is 0.467. The van der Waals surface area contributed by atoms with Gasteiger partial charge in [-0.05, 0) is 37.6 Å². The molecule has 0 spiro atoms. The normalized spacial score (nSPS) is 16.7. The largest absolute Gasteiger partial charge is 0.389 e. The van der Waals surface area contributed by atoms with Gasteiger partial charge in [0.15, 0.2) is 0 Å². The SMILES string of the molecule is CNC(=O)C1CCN(Cc2ccc(C(N)=S)cc2Cl)CC1. The van der Waals surface area contributed by atoms with Crippen molar-refractivity contribution in [2.24, 2.45) is 11.7 Å². The maximum Gasteiger partial charge on any atom is 0.222 e. The Bertz CT molecular complexity index is 542. The van der Waals surface area contributed by atoms with Crippen molar-refractivity contribution in [2.45, 2.75) is 19.4 Å². The van der Waals surface area contributed by atoms with Gasteiger partial charge in [-0.25, -0.2) is 0 Å². The Balaban J connectivity index is 1.95. The predicted molar refractivity (Wildman–Crippen MR) is 89.4 cm³/mol. The maximum absolute atomic E-state index is 11.6. The van der Waals surface area contributed by atoms with E-state index in [0.717, 1.165) is 43.6 Å². The van der Waals surface area contributed by atoms with Crippen LogP contribution in [-0.2, 0) is 11.3 Å². The van der Waals surface area contributed by atoms with Crippen molar-refractivity contribution >= 4 is 34.7 Å². The van der Waals surface area contributed by atoms with E-state index in [2.05, 4.69) is 10.2 Å². The molecule has 114 valence electrons. The van der Waals surface area contributed by atoms with Crippen LogP contribution < -0.4 is 11.1 Å². The molecule has 0 bridgehead atoms. The molecule has 1 aromatic carbocycles. The molecule has 1 aliphatic heterocycles. The van der Waals surface area contributed by atoms with Crippen LogP contribution in [-0.4, -0.2) is 35.9 Å². The van der Waals surface area contributed by atoms with Crippen molar-refractivity contribution in [3.8, 4) is 0 Å². The number of likely N-dealkylation sites (tertiary alicyclic amines) is 1. The smallest absolute Gasteiger partial charge is 0.222 e. The van der Waals surface area contributed by atoms with Crippen LogP contribution in [0.5, 0.6) is 0 Å². The molecule has 3 N–H and O–H groups in total. The minimum Gasteiger partial charge on any atom is -0.389 e. The standard InChI is InChI=1S/C15H20ClN3OS/c1-18-15(20)10-4-6-19(7-5-10)9-12-3-2-11(14(17)21)8-13(12)16/h2-3,8,10H,4-7,9H2,1H3,(H2,17,21)(H,18,20). The summed E-state index contributed by atoms with van der Waals surface area (Å²) in [6.45, 7) is 2.61. The monoisotopic (exact) mass is 325 g/mol. The van der Waals surface area contributed by atoms with Crippen LogP contribution in [0.25, 0.3) is 0 Å². The maximum atomic E-state index is 11.6. The molecule has 21 heavy (non-hydrogen) atoms. The third-order valence-corrected chi connectivity index (χ3v) is 4.52. The first kappa shape index (κ1) is 16.2. The minimum absolute atomic E-state index is 0.138. The van der Waals surface area contributed by atoms with Gasteiger partial charge in [0, 0.05) is 30.1 Å². The molecule has 0 aromatic heterocycles. The average molecular weight is 326 g/mol. The first-order chi connectivity index (χ1) is 10.0. The van der Waals surface area contributed by atoms with Gasteiger partial charge in [0.05, 0.1) is 0 Å². The van der Waals surface area contributed by atoms with Crippen LogP contribution in [0.15, 0.2) is 18.2 Å². The summed E-state index contributed by atoms with van der Waals surface area (Å²) >= 11 is 11.2. The molecule has 2 rings (SSSR count). The molecule has 0 radical (unpaired) electrons. The average Bonchev–Trinajstić information content (AvgIpc) is 2.49. The molecule has 1 aromatic rings. The van der Waals surface area contributed by atoms with Gasteiger partial charge in [0.2, 0.25) is 5.91 Å². The number of halogens is 1. The van der Waals surface area contributed by atoms with Crippen molar-refractivity contribution in [3.63, 3.8) is 0 Å². The highest BCUT2D eigenvalue weighted by Gasteiger charge is 2.24. The van der Waals surface area contributed by atoms with Gasteiger partial charge in [-0.15, -0.1) is 0 Å². The number of piperidine rings is 1. The molecule has 0 unspecified atom stereocenters. The molecule has 0 saturated carbocycles. The van der Waals surface area contributed by atoms with Crippen molar-refractivity contribution in [1.82, 2.24) is 10.2 Å². The van der Waals surface area contributed by atoms with E-state index in [1.807, 2.05) is 18.2 Å². The summed E-state index contributed by atoms with van der Waals surface area (Å²) in [4.78, 5) is 14.3. The minimum atomic E-state index is 0.138. The number of nitrogens with two attached hydrogens (primary N) is 1. The second-order valence-electron chi connectivity index (χ2n) is 5.34. The fourth-order valence-corrected chi connectivity index (χ4v) is 2.99. The highest BCUT2D eigenvalue weighted by molar-refractivity contribution is 7.80. The summed E-state index contributed by atoms with van der Waals surface area (Å²) < 4.78 is 0. The molecule has 1 saturated heterocycles. The second kappa shape index (κ2) is 7.20. The summed E-state index contributed by atoms with van der Waals surface area (Å²) in [5.41, 5.74) is 7.45. The van der Waals surface area contributed by atoms with Gasteiger partial charge < -0.3 is 11.1 Å². The molecule has 1 heterocycles. The van der Waals surface area contributed by atoms with Crippen LogP contribution in [0.2, 0.25) is 5.02 Å². The van der Waals surface area contributed by atoms with E-state index in [9.17, 15) is 4.79 Å². The molecule has 1 fully saturated rings. The molecule has 6 heteroatoms. The summed E-state index contributed by atoms with van der Waals surface area (Å²) in [6, 6.07) is 5.69. The van der Waals surface area contributed by atoms with Crippen LogP contribution in [0, 0.1) is 5.92 Å². The number of rotatable bonds is 4. The van der Waals surface area contributed by atoms with E-state index in [1.165, 1.54) is 0 Å². The molecular formula is C15H20ClN3OS. The number of hydrogen-bond donors (Lipinski definition) is 2. The summed E-state index contributed by atoms with van der Waals surface area (Å²) in [5, 5.41) is 3.41. The molecular weight excluding hydrogens is 306 g/mol. The molecule has 0 aliphatic carbocycles. The Hall–Kier alpha value is -1.17. The predicted octanol–water partition coefficient (Wildman–Crippen LogP) is 1.93. The lowest BCUT2D eigenvalue weighted by Gasteiger charge is -2.31. The molecule has 1 amide bonds. The van der Waals surface area contributed by atoms with Gasteiger partial charge >= 0.3 is 0 Å². The third kappa shape index (κ3) is 4.15. The van der Waals surface area contributed by atoms with E-state index < -0.39 is 0 Å². The first-order valence-corrected chi connectivity index (χ1v) is 7.82. The first-order valence-electron chi connectivity index (χ1n) is 7.03. The van der Waals surface area contributed by atoms with Gasteiger partial charge in [-0.2, -0.15) is 0 Å². The van der Waals surface area contributed by atoms with Crippen molar-refractivity contribution < 1.29 is 4.79 Å². The van der Waals surface area contributed by atoms with E-state index in [4.69, 9.17) is 29.6 Å². The number of benzene rings is 1.